The Bertz CT molecular complexity index is 1400. The largest absolute Gasteiger partial charge is 0.493 e. The molecule has 1 amide bonds. The Morgan fingerprint density at radius 2 is 1.77 bits per heavy atom. The van der Waals surface area contributed by atoms with E-state index in [-0.39, 0.29) is 11.8 Å². The van der Waals surface area contributed by atoms with Crippen molar-refractivity contribution in [3.05, 3.63) is 88.0 Å². The quantitative estimate of drug-likeness (QED) is 0.337. The van der Waals surface area contributed by atoms with Crippen molar-refractivity contribution in [2.24, 2.45) is 0 Å². The fourth-order valence-electron chi connectivity index (χ4n) is 4.89. The van der Waals surface area contributed by atoms with Gasteiger partial charge in [0, 0.05) is 23.7 Å². The topological polar surface area (TPSA) is 84.9 Å². The van der Waals surface area contributed by atoms with E-state index in [1.807, 2.05) is 6.92 Å². The Balaban J connectivity index is 1.20. The number of carbonyl (C=O) groups excluding carboxylic acids is 1. The fraction of sp³-hybridized carbons (Fsp3) is 0.333. The molecular formula is C30H28F3NO5. The van der Waals surface area contributed by atoms with Gasteiger partial charge in [-0.3, -0.25) is 9.59 Å². The number of rotatable bonds is 8. The van der Waals surface area contributed by atoms with Gasteiger partial charge in [0.15, 0.2) is 0 Å². The fourth-order valence-corrected chi connectivity index (χ4v) is 4.89. The van der Waals surface area contributed by atoms with E-state index in [2.05, 4.69) is 5.32 Å². The monoisotopic (exact) mass is 539 g/mol. The molecule has 1 saturated carbocycles. The summed E-state index contributed by atoms with van der Waals surface area (Å²) < 4.78 is 51.0. The molecule has 0 saturated heterocycles. The van der Waals surface area contributed by atoms with Gasteiger partial charge in [-0.05, 0) is 97.7 Å². The minimum absolute atomic E-state index is 0.162. The van der Waals surface area contributed by atoms with Gasteiger partial charge in [-0.1, -0.05) is 6.07 Å². The molecule has 3 aromatic rings. The summed E-state index contributed by atoms with van der Waals surface area (Å²) in [6, 6.07) is 13.9. The Hall–Kier alpha value is -4.01. The summed E-state index contributed by atoms with van der Waals surface area (Å²) >= 11 is 0. The summed E-state index contributed by atoms with van der Waals surface area (Å²) in [4.78, 5) is 24.2. The minimum atomic E-state index is -4.37. The number of halogens is 3. The van der Waals surface area contributed by atoms with Crippen LogP contribution in [-0.4, -0.2) is 30.1 Å². The van der Waals surface area contributed by atoms with Gasteiger partial charge >= 0.3 is 12.1 Å². The maximum atomic E-state index is 13.1. The summed E-state index contributed by atoms with van der Waals surface area (Å²) in [5.74, 6) is -0.112. The van der Waals surface area contributed by atoms with Crippen molar-refractivity contribution >= 4 is 11.9 Å². The molecule has 3 aromatic carbocycles. The third-order valence-corrected chi connectivity index (χ3v) is 7.16. The van der Waals surface area contributed by atoms with Gasteiger partial charge in [0.05, 0.1) is 18.1 Å². The molecule has 1 aliphatic carbocycles. The number of nitrogens with one attached hydrogen (secondary N) is 1. The van der Waals surface area contributed by atoms with Crippen LogP contribution in [0.5, 0.6) is 17.2 Å². The van der Waals surface area contributed by atoms with Crippen LogP contribution in [0.25, 0.3) is 0 Å². The summed E-state index contributed by atoms with van der Waals surface area (Å²) in [5.41, 5.74) is 2.73. The maximum Gasteiger partial charge on any atom is 0.416 e. The lowest BCUT2D eigenvalue weighted by atomic mass is 9.92. The Morgan fingerprint density at radius 1 is 1.03 bits per heavy atom. The minimum Gasteiger partial charge on any atom is -0.493 e. The van der Waals surface area contributed by atoms with Gasteiger partial charge in [0.1, 0.15) is 17.2 Å². The van der Waals surface area contributed by atoms with E-state index in [9.17, 15) is 27.9 Å². The molecule has 1 unspecified atom stereocenters. The Labute approximate surface area is 223 Å². The number of benzene rings is 3. The van der Waals surface area contributed by atoms with E-state index >= 15 is 0 Å². The number of fused-ring (bicyclic) bond motifs is 1. The highest BCUT2D eigenvalue weighted by molar-refractivity contribution is 5.94. The summed E-state index contributed by atoms with van der Waals surface area (Å²) in [5, 5.41) is 12.3. The van der Waals surface area contributed by atoms with Crippen molar-refractivity contribution in [3.63, 3.8) is 0 Å². The maximum absolute atomic E-state index is 13.1. The van der Waals surface area contributed by atoms with Crippen molar-refractivity contribution in [1.82, 2.24) is 5.32 Å². The first-order valence-electron chi connectivity index (χ1n) is 12.9. The average Bonchev–Trinajstić information content (AvgIpc) is 3.74. The van der Waals surface area contributed by atoms with Crippen molar-refractivity contribution in [1.29, 1.82) is 0 Å². The van der Waals surface area contributed by atoms with E-state index in [4.69, 9.17) is 9.47 Å². The standard InChI is InChI=1S/C30H28F3NO5/c1-17-14-25-23(29(36)37)11-13-38-27(25)16-26(17)39-22-8-5-20(6-9-22)28(35)34-12-10-19-4-7-21(30(31,32)33)15-24(19)18-2-3-18/h4-9,14-16,18,23H,2-3,10-13H2,1H3,(H,34,35)(H,36,37). The van der Waals surface area contributed by atoms with Crippen LogP contribution in [0.4, 0.5) is 13.2 Å². The molecule has 1 atom stereocenters. The number of ether oxygens (including phenoxy) is 2. The smallest absolute Gasteiger partial charge is 0.416 e. The third kappa shape index (κ3) is 6.02. The number of carbonyl (C=O) groups is 2. The molecule has 0 spiro atoms. The van der Waals surface area contributed by atoms with Crippen molar-refractivity contribution < 1.29 is 37.3 Å². The first-order valence-corrected chi connectivity index (χ1v) is 12.9. The number of hydrogen-bond acceptors (Lipinski definition) is 4. The highest BCUT2D eigenvalue weighted by Gasteiger charge is 2.34. The van der Waals surface area contributed by atoms with Gasteiger partial charge in [-0.15, -0.1) is 0 Å². The van der Waals surface area contributed by atoms with E-state index < -0.39 is 23.6 Å². The van der Waals surface area contributed by atoms with Crippen LogP contribution in [-0.2, 0) is 17.4 Å². The zero-order valence-corrected chi connectivity index (χ0v) is 21.3. The van der Waals surface area contributed by atoms with Gasteiger partial charge < -0.3 is 19.9 Å². The second kappa shape index (κ2) is 10.6. The van der Waals surface area contributed by atoms with Crippen LogP contribution in [0, 0.1) is 6.92 Å². The molecule has 6 nitrogen and oxygen atoms in total. The van der Waals surface area contributed by atoms with Crippen LogP contribution in [0.15, 0.2) is 54.6 Å². The average molecular weight is 540 g/mol. The lowest BCUT2D eigenvalue weighted by molar-refractivity contribution is -0.139. The van der Waals surface area contributed by atoms with Gasteiger partial charge in [0.2, 0.25) is 0 Å². The van der Waals surface area contributed by atoms with Crippen molar-refractivity contribution in [3.8, 4) is 17.2 Å². The van der Waals surface area contributed by atoms with E-state index in [0.29, 0.717) is 54.4 Å². The number of alkyl halides is 3. The van der Waals surface area contributed by atoms with Gasteiger partial charge in [-0.25, -0.2) is 0 Å². The Kier molecular flexibility index (Phi) is 7.25. The Morgan fingerprint density at radius 3 is 2.44 bits per heavy atom. The lowest BCUT2D eigenvalue weighted by Gasteiger charge is -2.24. The molecule has 2 N–H and O–H groups in total. The van der Waals surface area contributed by atoms with Crippen LogP contribution < -0.4 is 14.8 Å². The highest BCUT2D eigenvalue weighted by atomic mass is 19.4. The number of hydrogen-bond donors (Lipinski definition) is 2. The number of carboxylic acid groups (broad SMARTS) is 1. The second-order valence-electron chi connectivity index (χ2n) is 10.0. The summed E-state index contributed by atoms with van der Waals surface area (Å²) in [6.45, 7) is 2.45. The molecule has 204 valence electrons. The number of amides is 1. The number of carboxylic acids is 1. The molecule has 0 bridgehead atoms. The van der Waals surface area contributed by atoms with Gasteiger partial charge in [0.25, 0.3) is 5.91 Å². The van der Waals surface area contributed by atoms with Crippen LogP contribution in [0.3, 0.4) is 0 Å². The molecule has 2 aliphatic rings. The molecular weight excluding hydrogens is 511 g/mol. The second-order valence-corrected chi connectivity index (χ2v) is 10.0. The predicted octanol–water partition coefficient (Wildman–Crippen LogP) is 6.61. The molecule has 1 fully saturated rings. The summed E-state index contributed by atoms with van der Waals surface area (Å²) in [7, 11) is 0. The number of aryl methyl sites for hydroxylation is 1. The van der Waals surface area contributed by atoms with E-state index in [1.165, 1.54) is 12.1 Å². The van der Waals surface area contributed by atoms with Crippen LogP contribution in [0.1, 0.15) is 69.3 Å². The van der Waals surface area contributed by atoms with Crippen molar-refractivity contribution in [2.75, 3.05) is 13.2 Å². The molecule has 9 heteroatoms. The van der Waals surface area contributed by atoms with E-state index in [0.717, 1.165) is 35.6 Å². The van der Waals surface area contributed by atoms with E-state index in [1.54, 1.807) is 36.4 Å². The lowest BCUT2D eigenvalue weighted by Crippen LogP contribution is -2.25. The molecule has 39 heavy (non-hydrogen) atoms. The highest BCUT2D eigenvalue weighted by Crippen LogP contribution is 2.44. The normalized spacial score (nSPS) is 16.7. The number of aliphatic carboxylic acids is 1. The van der Waals surface area contributed by atoms with Crippen LogP contribution >= 0.6 is 0 Å². The summed E-state index contributed by atoms with van der Waals surface area (Å²) in [6.07, 6.45) is -1.75. The first kappa shape index (κ1) is 26.6. The predicted molar refractivity (Wildman–Crippen MR) is 138 cm³/mol. The molecule has 5 rings (SSSR count). The molecule has 1 heterocycles. The third-order valence-electron chi connectivity index (χ3n) is 7.16. The zero-order chi connectivity index (χ0) is 27.7. The first-order chi connectivity index (χ1) is 18.6. The molecule has 0 radical (unpaired) electrons. The zero-order valence-electron chi connectivity index (χ0n) is 21.3. The molecule has 1 aliphatic heterocycles. The molecule has 0 aromatic heterocycles. The van der Waals surface area contributed by atoms with Gasteiger partial charge in [-0.2, -0.15) is 13.2 Å². The SMILES string of the molecule is Cc1cc2c(cc1Oc1ccc(C(=O)NCCc3ccc(C(F)(F)F)cc3C3CC3)cc1)OCCC2C(=O)O. The van der Waals surface area contributed by atoms with Crippen LogP contribution in [0.2, 0.25) is 0 Å². The van der Waals surface area contributed by atoms with Crippen molar-refractivity contribution in [2.45, 2.75) is 50.6 Å².